The van der Waals surface area contributed by atoms with Gasteiger partial charge in [0.2, 0.25) is 0 Å². The van der Waals surface area contributed by atoms with Crippen LogP contribution in [0.3, 0.4) is 0 Å². The largest absolute Gasteiger partial charge is 0.573 e. The first kappa shape index (κ1) is 23.8. The van der Waals surface area contributed by atoms with Gasteiger partial charge in [0.05, 0.1) is 17.2 Å². The van der Waals surface area contributed by atoms with Gasteiger partial charge in [-0.2, -0.15) is 0 Å². The Balaban J connectivity index is 2.10. The summed E-state index contributed by atoms with van der Waals surface area (Å²) in [6.45, 7) is 6.02. The van der Waals surface area contributed by atoms with Crippen LogP contribution in [0.1, 0.15) is 39.2 Å². The first-order valence-corrected chi connectivity index (χ1v) is 10.5. The Labute approximate surface area is 184 Å². The molecule has 0 unspecified atom stereocenters. The van der Waals surface area contributed by atoms with E-state index in [0.29, 0.717) is 23.0 Å². The number of aliphatic hydroxyl groups excluding tert-OH is 1. The first-order chi connectivity index (χ1) is 15.0. The van der Waals surface area contributed by atoms with Crippen LogP contribution in [0, 0.1) is 5.41 Å². The lowest BCUT2D eigenvalue weighted by molar-refractivity contribution is -0.274. The summed E-state index contributed by atoms with van der Waals surface area (Å²) in [6.07, 6.45) is -0.623. The fourth-order valence-electron chi connectivity index (χ4n) is 3.54. The Bertz CT molecular complexity index is 1140. The maximum Gasteiger partial charge on any atom is 0.573 e. The van der Waals surface area contributed by atoms with E-state index in [0.717, 1.165) is 30.4 Å². The number of aliphatic hydroxyl groups is 1. The maximum atomic E-state index is 13.2. The predicted molar refractivity (Wildman–Crippen MR) is 118 cm³/mol. The van der Waals surface area contributed by atoms with Gasteiger partial charge in [-0.25, -0.2) is 4.98 Å². The predicted octanol–water partition coefficient (Wildman–Crippen LogP) is 5.32. The van der Waals surface area contributed by atoms with Crippen molar-refractivity contribution < 1.29 is 23.0 Å². The molecule has 1 N–H and O–H groups in total. The molecule has 8 heteroatoms. The highest BCUT2D eigenvalue weighted by Gasteiger charge is 2.31. The molecule has 0 aliphatic rings. The molecule has 0 spiro atoms. The van der Waals surface area contributed by atoms with Gasteiger partial charge in [-0.05, 0) is 53.8 Å². The summed E-state index contributed by atoms with van der Waals surface area (Å²) in [6, 6.07) is 9.24. The van der Waals surface area contributed by atoms with Gasteiger partial charge in [-0.15, -0.1) is 13.2 Å². The van der Waals surface area contributed by atoms with E-state index in [1.807, 2.05) is 19.9 Å². The fourth-order valence-corrected chi connectivity index (χ4v) is 3.54. The van der Waals surface area contributed by atoms with Crippen LogP contribution in [0.4, 0.5) is 13.2 Å². The van der Waals surface area contributed by atoms with Crippen LogP contribution >= 0.6 is 0 Å². The van der Waals surface area contributed by atoms with Gasteiger partial charge in [0.15, 0.2) is 0 Å². The van der Waals surface area contributed by atoms with Crippen molar-refractivity contribution in [1.29, 1.82) is 0 Å². The van der Waals surface area contributed by atoms with E-state index in [1.165, 1.54) is 35.2 Å². The standard InChI is InChI=1S/C24H27F3N2O3/c1-4-5-6-17-11-18(16-7-9-19(10-8-16)32-24(25,26)27)12-20-21(17)28-15-29(22(20)31)13-23(2,3)14-30/h7-12,15,30H,4-6,13-14H2,1-3H3. The van der Waals surface area contributed by atoms with Crippen LogP contribution in [-0.2, 0) is 13.0 Å². The van der Waals surface area contributed by atoms with E-state index >= 15 is 0 Å². The van der Waals surface area contributed by atoms with Gasteiger partial charge >= 0.3 is 6.36 Å². The highest BCUT2D eigenvalue weighted by Crippen LogP contribution is 2.30. The van der Waals surface area contributed by atoms with E-state index in [-0.39, 0.29) is 17.9 Å². The zero-order chi connectivity index (χ0) is 23.5. The van der Waals surface area contributed by atoms with Gasteiger partial charge in [0.1, 0.15) is 5.75 Å². The topological polar surface area (TPSA) is 64.3 Å². The molecule has 0 aliphatic carbocycles. The highest BCUT2D eigenvalue weighted by molar-refractivity contribution is 5.86. The van der Waals surface area contributed by atoms with Crippen molar-refractivity contribution >= 4 is 10.9 Å². The minimum Gasteiger partial charge on any atom is -0.406 e. The number of aryl methyl sites for hydroxylation is 1. The van der Waals surface area contributed by atoms with E-state index in [1.54, 1.807) is 6.07 Å². The highest BCUT2D eigenvalue weighted by atomic mass is 19.4. The number of unbranched alkanes of at least 4 members (excludes halogenated alkanes) is 1. The van der Waals surface area contributed by atoms with Gasteiger partial charge in [0.25, 0.3) is 5.56 Å². The van der Waals surface area contributed by atoms with Crippen molar-refractivity contribution in [2.24, 2.45) is 5.41 Å². The molecule has 0 radical (unpaired) electrons. The minimum atomic E-state index is -4.75. The average Bonchev–Trinajstić information content (AvgIpc) is 2.73. The number of fused-ring (bicyclic) bond motifs is 1. The number of halogens is 3. The minimum absolute atomic E-state index is 0.0778. The Morgan fingerprint density at radius 2 is 1.78 bits per heavy atom. The molecule has 0 saturated carbocycles. The molecule has 0 bridgehead atoms. The van der Waals surface area contributed by atoms with Crippen LogP contribution in [0.2, 0.25) is 0 Å². The molecule has 172 valence electrons. The van der Waals surface area contributed by atoms with Crippen LogP contribution in [0.5, 0.6) is 5.75 Å². The average molecular weight is 448 g/mol. The zero-order valence-corrected chi connectivity index (χ0v) is 18.4. The van der Waals surface area contributed by atoms with Crippen LogP contribution < -0.4 is 10.3 Å². The summed E-state index contributed by atoms with van der Waals surface area (Å²) in [4.78, 5) is 17.8. The molecular formula is C24H27F3N2O3. The molecule has 32 heavy (non-hydrogen) atoms. The van der Waals surface area contributed by atoms with Crippen molar-refractivity contribution in [2.75, 3.05) is 6.61 Å². The lowest BCUT2D eigenvalue weighted by atomic mass is 9.94. The number of rotatable bonds is 8. The number of hydrogen-bond donors (Lipinski definition) is 1. The SMILES string of the molecule is CCCCc1cc(-c2ccc(OC(F)(F)F)cc2)cc2c(=O)n(CC(C)(C)CO)cnc12. The van der Waals surface area contributed by atoms with Crippen molar-refractivity contribution in [3.63, 3.8) is 0 Å². The van der Waals surface area contributed by atoms with E-state index < -0.39 is 11.8 Å². The van der Waals surface area contributed by atoms with Crippen molar-refractivity contribution in [2.45, 2.75) is 52.9 Å². The summed E-state index contributed by atoms with van der Waals surface area (Å²) in [5, 5.41) is 10.0. The fraction of sp³-hybridized carbons (Fsp3) is 0.417. The third-order valence-corrected chi connectivity index (χ3v) is 5.25. The molecule has 0 atom stereocenters. The number of aromatic nitrogens is 2. The number of ether oxygens (including phenoxy) is 1. The summed E-state index contributed by atoms with van der Waals surface area (Å²) >= 11 is 0. The Morgan fingerprint density at radius 1 is 1.09 bits per heavy atom. The second-order valence-corrected chi connectivity index (χ2v) is 8.71. The van der Waals surface area contributed by atoms with Crippen LogP contribution in [-0.4, -0.2) is 27.6 Å². The molecule has 0 amide bonds. The Kier molecular flexibility index (Phi) is 6.93. The monoisotopic (exact) mass is 448 g/mol. The molecular weight excluding hydrogens is 421 g/mol. The van der Waals surface area contributed by atoms with Gasteiger partial charge in [0, 0.05) is 18.6 Å². The molecule has 3 rings (SSSR count). The first-order valence-electron chi connectivity index (χ1n) is 10.5. The molecule has 1 aromatic heterocycles. The van der Waals surface area contributed by atoms with E-state index in [4.69, 9.17) is 0 Å². The number of benzene rings is 2. The molecule has 1 heterocycles. The number of alkyl halides is 3. The molecule has 3 aromatic rings. The number of nitrogens with zero attached hydrogens (tertiary/aromatic N) is 2. The zero-order valence-electron chi connectivity index (χ0n) is 18.4. The lowest BCUT2D eigenvalue weighted by Gasteiger charge is -2.22. The second-order valence-electron chi connectivity index (χ2n) is 8.71. The summed E-state index contributed by atoms with van der Waals surface area (Å²) in [7, 11) is 0. The normalized spacial score (nSPS) is 12.3. The van der Waals surface area contributed by atoms with E-state index in [2.05, 4.69) is 16.6 Å². The third-order valence-electron chi connectivity index (χ3n) is 5.25. The Hall–Kier alpha value is -2.87. The van der Waals surface area contributed by atoms with Gasteiger partial charge in [-0.1, -0.05) is 39.3 Å². The Morgan fingerprint density at radius 3 is 2.38 bits per heavy atom. The van der Waals surface area contributed by atoms with Crippen molar-refractivity contribution in [3.8, 4) is 16.9 Å². The molecule has 0 saturated heterocycles. The maximum absolute atomic E-state index is 13.2. The van der Waals surface area contributed by atoms with Crippen molar-refractivity contribution in [3.05, 3.63) is 58.6 Å². The lowest BCUT2D eigenvalue weighted by Crippen LogP contribution is -2.31. The smallest absolute Gasteiger partial charge is 0.406 e. The van der Waals surface area contributed by atoms with Gasteiger partial charge < -0.3 is 9.84 Å². The molecule has 2 aromatic carbocycles. The third kappa shape index (κ3) is 5.68. The quantitative estimate of drug-likeness (QED) is 0.506. The molecule has 5 nitrogen and oxygen atoms in total. The molecule has 0 aliphatic heterocycles. The summed E-state index contributed by atoms with van der Waals surface area (Å²) in [5.41, 5.74) is 2.23. The van der Waals surface area contributed by atoms with Gasteiger partial charge in [-0.3, -0.25) is 9.36 Å². The van der Waals surface area contributed by atoms with E-state index in [9.17, 15) is 23.1 Å². The van der Waals surface area contributed by atoms with Crippen molar-refractivity contribution in [1.82, 2.24) is 9.55 Å². The number of hydrogen-bond acceptors (Lipinski definition) is 4. The summed E-state index contributed by atoms with van der Waals surface area (Å²) < 4.78 is 42.8. The summed E-state index contributed by atoms with van der Waals surface area (Å²) in [5.74, 6) is -0.302. The molecule has 0 fully saturated rings. The van der Waals surface area contributed by atoms with Crippen LogP contribution in [0.15, 0.2) is 47.5 Å². The van der Waals surface area contributed by atoms with Crippen LogP contribution in [0.25, 0.3) is 22.0 Å². The second kappa shape index (κ2) is 9.32.